The molecule has 0 amide bonds. The van der Waals surface area contributed by atoms with Crippen molar-refractivity contribution in [1.29, 1.82) is 0 Å². The van der Waals surface area contributed by atoms with Crippen molar-refractivity contribution in [2.45, 2.75) is 39.2 Å². The molecule has 4 rings (SSSR count). The number of fused-ring (bicyclic) bond motifs is 1. The molecule has 0 saturated heterocycles. The number of ether oxygens (including phenoxy) is 1. The molecule has 0 spiro atoms. The van der Waals surface area contributed by atoms with Crippen molar-refractivity contribution in [3.05, 3.63) is 85.5 Å². The summed E-state index contributed by atoms with van der Waals surface area (Å²) in [6.45, 7) is 1.56. The van der Waals surface area contributed by atoms with Crippen LogP contribution < -0.4 is 16.0 Å². The van der Waals surface area contributed by atoms with Gasteiger partial charge in [0, 0.05) is 24.7 Å². The molecule has 0 unspecified atom stereocenters. The fraction of sp³-hybridized carbons (Fsp3) is 0.292. The molecule has 2 aromatic carbocycles. The number of alkyl halides is 3. The van der Waals surface area contributed by atoms with Gasteiger partial charge in [-0.1, -0.05) is 35.9 Å². The second-order valence-corrected chi connectivity index (χ2v) is 8.37. The molecule has 0 fully saturated rings. The molecule has 36 heavy (non-hydrogen) atoms. The minimum Gasteiger partial charge on any atom is -0.425 e. The van der Waals surface area contributed by atoms with Crippen LogP contribution in [0.2, 0.25) is 5.02 Å². The van der Waals surface area contributed by atoms with Crippen LogP contribution in [0, 0.1) is 0 Å². The first-order valence-corrected chi connectivity index (χ1v) is 11.5. The van der Waals surface area contributed by atoms with E-state index >= 15 is 0 Å². The third-order valence-corrected chi connectivity index (χ3v) is 5.84. The summed E-state index contributed by atoms with van der Waals surface area (Å²) in [4.78, 5) is 30.7. The van der Waals surface area contributed by atoms with E-state index in [9.17, 15) is 27.9 Å². The normalized spacial score (nSPS) is 11.8. The van der Waals surface area contributed by atoms with E-state index < -0.39 is 28.7 Å². The van der Waals surface area contributed by atoms with Gasteiger partial charge in [-0.25, -0.2) is 4.79 Å². The average Bonchev–Trinajstić information content (AvgIpc) is 3.18. The highest BCUT2D eigenvalue weighted by molar-refractivity contribution is 6.30. The maximum atomic E-state index is 13.6. The Kier molecular flexibility index (Phi) is 7.23. The summed E-state index contributed by atoms with van der Waals surface area (Å²) in [5.41, 5.74) is -1.69. The molecule has 8 nitrogen and oxygen atoms in total. The molecule has 2 heterocycles. The highest BCUT2D eigenvalue weighted by atomic mass is 35.5. The van der Waals surface area contributed by atoms with Crippen molar-refractivity contribution >= 4 is 22.8 Å². The summed E-state index contributed by atoms with van der Waals surface area (Å²) >= 11 is 5.98. The minimum atomic E-state index is -4.69. The lowest BCUT2D eigenvalue weighted by atomic mass is 10.2. The summed E-state index contributed by atoms with van der Waals surface area (Å²) in [5, 5.41) is 9.70. The number of benzene rings is 2. The maximum absolute atomic E-state index is 13.6. The van der Waals surface area contributed by atoms with Gasteiger partial charge < -0.3 is 9.84 Å². The summed E-state index contributed by atoms with van der Waals surface area (Å²) < 4.78 is 50.1. The predicted octanol–water partition coefficient (Wildman–Crippen LogP) is 4.27. The smallest absolute Gasteiger partial charge is 0.419 e. The number of nitrogens with zero attached hydrogens (tertiary/aromatic N) is 4. The van der Waals surface area contributed by atoms with Crippen LogP contribution in [-0.2, 0) is 25.8 Å². The predicted molar refractivity (Wildman–Crippen MR) is 128 cm³/mol. The second-order valence-electron chi connectivity index (χ2n) is 7.94. The number of aliphatic hydroxyl groups is 1. The lowest BCUT2D eigenvalue weighted by Crippen LogP contribution is -2.40. The Hall–Kier alpha value is -3.57. The third-order valence-electron chi connectivity index (χ3n) is 5.58. The maximum Gasteiger partial charge on any atom is 0.419 e. The number of aliphatic hydroxyl groups excluding tert-OH is 1. The Morgan fingerprint density at radius 3 is 2.36 bits per heavy atom. The summed E-state index contributed by atoms with van der Waals surface area (Å²) in [5.74, 6) is -0.497. The zero-order chi connectivity index (χ0) is 26.0. The zero-order valence-corrected chi connectivity index (χ0v) is 19.9. The average molecular weight is 523 g/mol. The number of para-hydroxylation sites is 1. The topological polar surface area (TPSA) is 91.3 Å². The van der Waals surface area contributed by atoms with Crippen LogP contribution in [-0.4, -0.2) is 30.4 Å². The van der Waals surface area contributed by atoms with Gasteiger partial charge in [0.25, 0.3) is 5.56 Å². The SMILES string of the molecule is CCn1c(=O)n(CCCO)c(=O)c2c1nc(Oc1ccccc1C(F)(F)F)n2Cc1ccc(Cl)cc1. The molecule has 0 aliphatic heterocycles. The van der Waals surface area contributed by atoms with Gasteiger partial charge in [-0.2, -0.15) is 18.2 Å². The molecule has 0 atom stereocenters. The van der Waals surface area contributed by atoms with Crippen molar-refractivity contribution < 1.29 is 23.0 Å². The number of aryl methyl sites for hydroxylation is 1. The van der Waals surface area contributed by atoms with Crippen LogP contribution in [0.4, 0.5) is 13.2 Å². The van der Waals surface area contributed by atoms with Gasteiger partial charge in [-0.15, -0.1) is 0 Å². The van der Waals surface area contributed by atoms with Crippen LogP contribution in [0.5, 0.6) is 11.8 Å². The van der Waals surface area contributed by atoms with Gasteiger partial charge in [0.05, 0.1) is 12.1 Å². The first-order chi connectivity index (χ1) is 17.2. The fourth-order valence-corrected chi connectivity index (χ4v) is 3.99. The van der Waals surface area contributed by atoms with Crippen molar-refractivity contribution in [2.75, 3.05) is 6.61 Å². The van der Waals surface area contributed by atoms with E-state index in [1.165, 1.54) is 21.3 Å². The summed E-state index contributed by atoms with van der Waals surface area (Å²) in [7, 11) is 0. The van der Waals surface area contributed by atoms with Crippen molar-refractivity contribution in [1.82, 2.24) is 18.7 Å². The third kappa shape index (κ3) is 4.89. The first kappa shape index (κ1) is 25.5. The Labute approximate surface area is 207 Å². The molecule has 0 radical (unpaired) electrons. The molecule has 190 valence electrons. The largest absolute Gasteiger partial charge is 0.425 e. The standard InChI is InChI=1S/C24H22ClF3N4O4/c1-2-30-20-19(21(34)31(23(30)35)12-5-13-33)32(14-15-8-10-16(25)11-9-15)22(29-20)36-18-7-4-3-6-17(18)24(26,27)28/h3-4,6-11,33H,2,5,12-14H2,1H3. The van der Waals surface area contributed by atoms with E-state index in [0.29, 0.717) is 10.6 Å². The van der Waals surface area contributed by atoms with Crippen molar-refractivity contribution in [3.8, 4) is 11.8 Å². The molecule has 4 aromatic rings. The van der Waals surface area contributed by atoms with Crippen LogP contribution in [0.1, 0.15) is 24.5 Å². The quantitative estimate of drug-likeness (QED) is 0.373. The zero-order valence-electron chi connectivity index (χ0n) is 19.1. The minimum absolute atomic E-state index is 0.00828. The van der Waals surface area contributed by atoms with Gasteiger partial charge >= 0.3 is 17.9 Å². The van der Waals surface area contributed by atoms with Crippen LogP contribution >= 0.6 is 11.6 Å². The molecule has 0 saturated carbocycles. The Balaban J connectivity index is 1.98. The van der Waals surface area contributed by atoms with E-state index in [4.69, 9.17) is 16.3 Å². The lowest BCUT2D eigenvalue weighted by Gasteiger charge is -2.14. The van der Waals surface area contributed by atoms with Gasteiger partial charge in [-0.3, -0.25) is 18.5 Å². The first-order valence-electron chi connectivity index (χ1n) is 11.1. The van der Waals surface area contributed by atoms with E-state index in [1.807, 2.05) is 0 Å². The molecule has 0 aliphatic carbocycles. The molecule has 12 heteroatoms. The van der Waals surface area contributed by atoms with Crippen LogP contribution in [0.15, 0.2) is 58.1 Å². The molecule has 0 aliphatic rings. The van der Waals surface area contributed by atoms with E-state index in [0.717, 1.165) is 16.7 Å². The van der Waals surface area contributed by atoms with Crippen LogP contribution in [0.25, 0.3) is 11.2 Å². The monoisotopic (exact) mass is 522 g/mol. The summed E-state index contributed by atoms with van der Waals surface area (Å²) in [6, 6.07) is 11.0. The van der Waals surface area contributed by atoms with Crippen LogP contribution in [0.3, 0.4) is 0 Å². The molecule has 0 bridgehead atoms. The number of rotatable bonds is 8. The van der Waals surface area contributed by atoms with E-state index in [1.54, 1.807) is 31.2 Å². The van der Waals surface area contributed by atoms with Gasteiger partial charge in [0.1, 0.15) is 5.75 Å². The molecular weight excluding hydrogens is 501 g/mol. The molecular formula is C24H22ClF3N4O4. The number of aromatic nitrogens is 4. The number of halogens is 4. The van der Waals surface area contributed by atoms with Crippen molar-refractivity contribution in [3.63, 3.8) is 0 Å². The number of hydrogen-bond donors (Lipinski definition) is 1. The van der Waals surface area contributed by atoms with Crippen molar-refractivity contribution in [2.24, 2.45) is 0 Å². The number of hydrogen-bond acceptors (Lipinski definition) is 5. The highest BCUT2D eigenvalue weighted by Gasteiger charge is 2.35. The van der Waals surface area contributed by atoms with E-state index in [2.05, 4.69) is 4.98 Å². The Morgan fingerprint density at radius 2 is 1.72 bits per heavy atom. The Morgan fingerprint density at radius 1 is 1.03 bits per heavy atom. The lowest BCUT2D eigenvalue weighted by molar-refractivity contribution is -0.138. The second kappa shape index (κ2) is 10.2. The summed E-state index contributed by atoms with van der Waals surface area (Å²) in [6.07, 6.45) is -4.52. The Bertz CT molecular complexity index is 1510. The molecule has 2 aromatic heterocycles. The molecule has 1 N–H and O–H groups in total. The van der Waals surface area contributed by atoms with Gasteiger partial charge in [-0.05, 0) is 43.2 Å². The highest BCUT2D eigenvalue weighted by Crippen LogP contribution is 2.38. The number of imidazole rings is 1. The van der Waals surface area contributed by atoms with E-state index in [-0.39, 0.29) is 49.8 Å². The van der Waals surface area contributed by atoms with Gasteiger partial charge in [0.15, 0.2) is 11.2 Å². The van der Waals surface area contributed by atoms with Gasteiger partial charge in [0.2, 0.25) is 0 Å². The fourth-order valence-electron chi connectivity index (χ4n) is 3.87.